The zero-order chi connectivity index (χ0) is 13.3. The highest BCUT2D eigenvalue weighted by molar-refractivity contribution is 7.88. The average molecular weight is 277 g/mol. The van der Waals surface area contributed by atoms with Gasteiger partial charge in [0, 0.05) is 25.0 Å². The lowest BCUT2D eigenvalue weighted by molar-refractivity contribution is 0.0181. The third kappa shape index (κ3) is 2.47. The topological polar surface area (TPSA) is 91.0 Å². The van der Waals surface area contributed by atoms with E-state index in [1.165, 1.54) is 23.7 Å². The summed E-state index contributed by atoms with van der Waals surface area (Å²) >= 11 is 0. The Kier molecular flexibility index (Phi) is 3.55. The van der Waals surface area contributed by atoms with Crippen LogP contribution in [0.25, 0.3) is 0 Å². The van der Waals surface area contributed by atoms with Gasteiger partial charge in [-0.05, 0) is 6.42 Å². The van der Waals surface area contributed by atoms with E-state index in [9.17, 15) is 12.8 Å². The van der Waals surface area contributed by atoms with Crippen LogP contribution in [0.5, 0.6) is 0 Å². The van der Waals surface area contributed by atoms with E-state index in [4.69, 9.17) is 5.73 Å². The summed E-state index contributed by atoms with van der Waals surface area (Å²) in [6.07, 6.45) is 3.17. The molecule has 2 aliphatic rings. The van der Waals surface area contributed by atoms with Gasteiger partial charge in [0.15, 0.2) is 6.17 Å². The molecular weight excluding hydrogens is 261 g/mol. The first-order valence-corrected chi connectivity index (χ1v) is 7.35. The summed E-state index contributed by atoms with van der Waals surface area (Å²) in [6, 6.07) is -0.686. The van der Waals surface area contributed by atoms with E-state index in [1.807, 2.05) is 0 Å². The third-order valence-corrected chi connectivity index (χ3v) is 4.21. The molecule has 7 nitrogen and oxygen atoms in total. The number of nitrogens with one attached hydrogen (secondary N) is 1. The highest BCUT2D eigenvalue weighted by Crippen LogP contribution is 2.24. The molecule has 0 aromatic rings. The van der Waals surface area contributed by atoms with E-state index in [0.29, 0.717) is 6.42 Å². The molecular formula is C9H16FN5O2S. The molecule has 1 fully saturated rings. The van der Waals surface area contributed by atoms with E-state index in [0.717, 1.165) is 10.6 Å². The van der Waals surface area contributed by atoms with Gasteiger partial charge in [0.05, 0.1) is 6.26 Å². The third-order valence-electron chi connectivity index (χ3n) is 2.96. The van der Waals surface area contributed by atoms with Gasteiger partial charge in [-0.1, -0.05) is 0 Å². The highest BCUT2D eigenvalue weighted by Gasteiger charge is 2.44. The standard InChI is InChI=1S/C9H16FN5O2S/c1-18(16,17)15-5-2-7(11)8(10)9(15)14-6-12-3-4-13-14/h3-4,6-9,13H,2,5,11H2,1H3. The molecule has 2 rings (SSSR count). The molecule has 3 atom stereocenters. The Labute approximate surface area is 105 Å². The van der Waals surface area contributed by atoms with Crippen molar-refractivity contribution < 1.29 is 12.8 Å². The van der Waals surface area contributed by atoms with Gasteiger partial charge in [-0.25, -0.2) is 17.8 Å². The van der Waals surface area contributed by atoms with Crippen LogP contribution < -0.4 is 11.2 Å². The van der Waals surface area contributed by atoms with Crippen LogP contribution in [-0.2, 0) is 10.0 Å². The maximum absolute atomic E-state index is 14.2. The van der Waals surface area contributed by atoms with Crippen LogP contribution in [0.2, 0.25) is 0 Å². The molecule has 0 aromatic carbocycles. The Bertz CT molecular complexity index is 466. The summed E-state index contributed by atoms with van der Waals surface area (Å²) < 4.78 is 38.7. The Balaban J connectivity index is 2.29. The van der Waals surface area contributed by atoms with Crippen molar-refractivity contribution in [2.45, 2.75) is 24.8 Å². The zero-order valence-corrected chi connectivity index (χ0v) is 10.7. The molecule has 9 heteroatoms. The van der Waals surface area contributed by atoms with Crippen LogP contribution in [0.3, 0.4) is 0 Å². The average Bonchev–Trinajstić information content (AvgIpc) is 2.32. The lowest BCUT2D eigenvalue weighted by Crippen LogP contribution is -2.65. The van der Waals surface area contributed by atoms with Gasteiger partial charge in [0.1, 0.15) is 12.5 Å². The van der Waals surface area contributed by atoms with Crippen molar-refractivity contribution in [1.29, 1.82) is 0 Å². The number of rotatable bonds is 2. The fourth-order valence-corrected chi connectivity index (χ4v) is 3.10. The number of alkyl halides is 1. The number of hydrogen-bond donors (Lipinski definition) is 2. The highest BCUT2D eigenvalue weighted by atomic mass is 32.2. The van der Waals surface area contributed by atoms with Crippen LogP contribution in [-0.4, -0.2) is 55.3 Å². The summed E-state index contributed by atoms with van der Waals surface area (Å²) in [4.78, 5) is 3.84. The Morgan fingerprint density at radius 3 is 2.83 bits per heavy atom. The van der Waals surface area contributed by atoms with Crippen molar-refractivity contribution >= 4 is 16.4 Å². The lowest BCUT2D eigenvalue weighted by atomic mass is 10.0. The van der Waals surface area contributed by atoms with Crippen molar-refractivity contribution in [2.24, 2.45) is 10.7 Å². The molecule has 0 amide bonds. The Morgan fingerprint density at radius 2 is 2.28 bits per heavy atom. The number of nitrogens with zero attached hydrogens (tertiary/aromatic N) is 3. The van der Waals surface area contributed by atoms with E-state index in [1.54, 1.807) is 0 Å². The van der Waals surface area contributed by atoms with E-state index in [-0.39, 0.29) is 6.54 Å². The molecule has 0 bridgehead atoms. The number of hydrazine groups is 1. The fourth-order valence-electron chi connectivity index (χ4n) is 2.05. The quantitative estimate of drug-likeness (QED) is 0.673. The van der Waals surface area contributed by atoms with Crippen LogP contribution in [0, 0.1) is 0 Å². The van der Waals surface area contributed by atoms with Crippen molar-refractivity contribution in [1.82, 2.24) is 14.7 Å². The molecule has 2 aliphatic heterocycles. The molecule has 2 heterocycles. The molecule has 18 heavy (non-hydrogen) atoms. The summed E-state index contributed by atoms with van der Waals surface area (Å²) in [7, 11) is -3.51. The van der Waals surface area contributed by atoms with E-state index >= 15 is 0 Å². The second-order valence-electron chi connectivity index (χ2n) is 4.30. The SMILES string of the molecule is CS(=O)(=O)N1CCC(N)C(F)C1N1C=NC=CN1. The van der Waals surface area contributed by atoms with Gasteiger partial charge in [0.25, 0.3) is 0 Å². The van der Waals surface area contributed by atoms with Gasteiger partial charge < -0.3 is 11.2 Å². The monoisotopic (exact) mass is 277 g/mol. The van der Waals surface area contributed by atoms with Crippen LogP contribution in [0.15, 0.2) is 17.4 Å². The van der Waals surface area contributed by atoms with Gasteiger partial charge >= 0.3 is 0 Å². The predicted molar refractivity (Wildman–Crippen MR) is 65.4 cm³/mol. The number of aliphatic imine (C=N–C) groups is 1. The maximum Gasteiger partial charge on any atom is 0.213 e. The number of halogens is 1. The van der Waals surface area contributed by atoms with Gasteiger partial charge in [-0.2, -0.15) is 4.31 Å². The van der Waals surface area contributed by atoms with Crippen molar-refractivity contribution in [2.75, 3.05) is 12.8 Å². The summed E-state index contributed by atoms with van der Waals surface area (Å²) in [5.41, 5.74) is 8.41. The molecule has 0 spiro atoms. The minimum absolute atomic E-state index is 0.195. The molecule has 0 aliphatic carbocycles. The first-order valence-electron chi connectivity index (χ1n) is 5.50. The van der Waals surface area contributed by atoms with Crippen molar-refractivity contribution in [3.63, 3.8) is 0 Å². The summed E-state index contributed by atoms with van der Waals surface area (Å²) in [5.74, 6) is 0. The first-order chi connectivity index (χ1) is 8.41. The predicted octanol–water partition coefficient (Wildman–Crippen LogP) is -1.04. The van der Waals surface area contributed by atoms with Crippen LogP contribution in [0.1, 0.15) is 6.42 Å². The second-order valence-corrected chi connectivity index (χ2v) is 6.24. The van der Waals surface area contributed by atoms with E-state index < -0.39 is 28.4 Å². The second kappa shape index (κ2) is 4.82. The largest absolute Gasteiger partial charge is 0.325 e. The number of nitrogens with two attached hydrogens (primary N) is 1. The van der Waals surface area contributed by atoms with Crippen LogP contribution >= 0.6 is 0 Å². The summed E-state index contributed by atoms with van der Waals surface area (Å²) in [6.45, 7) is 0.195. The molecule has 102 valence electrons. The van der Waals surface area contributed by atoms with Crippen molar-refractivity contribution in [3.05, 3.63) is 12.4 Å². The summed E-state index contributed by atoms with van der Waals surface area (Å²) in [5, 5.41) is 1.31. The van der Waals surface area contributed by atoms with Crippen molar-refractivity contribution in [3.8, 4) is 0 Å². The number of piperidine rings is 1. The molecule has 3 N–H and O–H groups in total. The Hall–Kier alpha value is -1.19. The van der Waals surface area contributed by atoms with Gasteiger partial charge in [-0.15, -0.1) is 0 Å². The van der Waals surface area contributed by atoms with Gasteiger partial charge in [-0.3, -0.25) is 5.01 Å². The zero-order valence-electron chi connectivity index (χ0n) is 9.90. The smallest absolute Gasteiger partial charge is 0.213 e. The van der Waals surface area contributed by atoms with Crippen LogP contribution in [0.4, 0.5) is 4.39 Å². The molecule has 0 aromatic heterocycles. The number of sulfonamides is 1. The minimum atomic E-state index is -3.51. The normalized spacial score (nSPS) is 33.5. The molecule has 3 unspecified atom stereocenters. The fraction of sp³-hybridized carbons (Fsp3) is 0.667. The maximum atomic E-state index is 14.2. The number of hydrogen-bond acceptors (Lipinski definition) is 6. The molecule has 0 saturated carbocycles. The van der Waals surface area contributed by atoms with Gasteiger partial charge in [0.2, 0.25) is 10.0 Å². The minimum Gasteiger partial charge on any atom is -0.325 e. The lowest BCUT2D eigenvalue weighted by Gasteiger charge is -2.44. The molecule has 1 saturated heterocycles. The first kappa shape index (κ1) is 13.2. The Morgan fingerprint density at radius 1 is 1.56 bits per heavy atom. The van der Waals surface area contributed by atoms with E-state index in [2.05, 4.69) is 10.4 Å². The molecule has 0 radical (unpaired) electrons.